The fourth-order valence-corrected chi connectivity index (χ4v) is 3.84. The average Bonchev–Trinajstić information content (AvgIpc) is 3.12. The molecule has 142 valence electrons. The zero-order valence-electron chi connectivity index (χ0n) is 15.6. The third-order valence-corrected chi connectivity index (χ3v) is 5.74. The quantitative estimate of drug-likeness (QED) is 0.781. The van der Waals surface area contributed by atoms with Crippen LogP contribution < -0.4 is 15.0 Å². The van der Waals surface area contributed by atoms with Crippen molar-refractivity contribution in [1.29, 1.82) is 0 Å². The van der Waals surface area contributed by atoms with Crippen LogP contribution >= 0.6 is 11.8 Å². The van der Waals surface area contributed by atoms with E-state index in [1.165, 1.54) is 5.56 Å². The lowest BCUT2D eigenvalue weighted by atomic mass is 10.2. The molecule has 1 fully saturated rings. The molecular weight excluding hydrogens is 360 g/mol. The monoisotopic (exact) mass is 384 g/mol. The molecule has 1 aliphatic heterocycles. The molecule has 2 aromatic rings. The highest BCUT2D eigenvalue weighted by Gasteiger charge is 2.25. The van der Waals surface area contributed by atoms with Crippen LogP contribution in [0.15, 0.2) is 48.5 Å². The Morgan fingerprint density at radius 2 is 2.04 bits per heavy atom. The van der Waals surface area contributed by atoms with E-state index >= 15 is 0 Å². The summed E-state index contributed by atoms with van der Waals surface area (Å²) in [6.07, 6.45) is 1.39. The number of hydrogen-bond donors (Lipinski definition) is 1. The van der Waals surface area contributed by atoms with Crippen LogP contribution in [0.1, 0.15) is 25.3 Å². The van der Waals surface area contributed by atoms with Crippen LogP contribution in [0.3, 0.4) is 0 Å². The lowest BCUT2D eigenvalue weighted by Gasteiger charge is -2.20. The summed E-state index contributed by atoms with van der Waals surface area (Å²) in [5.74, 6) is 1.45. The summed E-state index contributed by atoms with van der Waals surface area (Å²) in [4.78, 5) is 26.3. The van der Waals surface area contributed by atoms with Gasteiger partial charge in [0, 0.05) is 24.4 Å². The van der Waals surface area contributed by atoms with E-state index in [1.54, 1.807) is 35.9 Å². The molecule has 2 aromatic carbocycles. The average molecular weight is 385 g/mol. The maximum Gasteiger partial charge on any atom is 0.237 e. The molecule has 0 unspecified atom stereocenters. The Bertz CT molecular complexity index is 810. The second-order valence-electron chi connectivity index (χ2n) is 6.46. The summed E-state index contributed by atoms with van der Waals surface area (Å²) < 4.78 is 5.39. The minimum Gasteiger partial charge on any atom is -0.495 e. The predicted molar refractivity (Wildman–Crippen MR) is 110 cm³/mol. The normalized spacial score (nSPS) is 14.9. The molecule has 2 amide bonds. The molecule has 1 heterocycles. The van der Waals surface area contributed by atoms with Crippen molar-refractivity contribution in [3.8, 4) is 5.75 Å². The number of nitrogens with zero attached hydrogens (tertiary/aromatic N) is 1. The smallest absolute Gasteiger partial charge is 0.237 e. The van der Waals surface area contributed by atoms with Gasteiger partial charge in [-0.2, -0.15) is 0 Å². The summed E-state index contributed by atoms with van der Waals surface area (Å²) in [6.45, 7) is 2.58. The highest BCUT2D eigenvalue weighted by Crippen LogP contribution is 2.34. The van der Waals surface area contributed by atoms with Gasteiger partial charge in [-0.05, 0) is 37.1 Å². The molecule has 6 heteroatoms. The first-order valence-electron chi connectivity index (χ1n) is 9.03. The van der Waals surface area contributed by atoms with Crippen LogP contribution in [0, 0.1) is 0 Å². The van der Waals surface area contributed by atoms with Gasteiger partial charge in [-0.1, -0.05) is 30.3 Å². The number of hydrogen-bond acceptors (Lipinski definition) is 4. The third kappa shape index (κ3) is 4.83. The van der Waals surface area contributed by atoms with E-state index in [4.69, 9.17) is 4.74 Å². The molecular formula is C21H24N2O3S. The number of carbonyl (C=O) groups excluding carboxylic acids is 2. The number of methoxy groups -OCH3 is 1. The number of anilines is 2. The molecule has 1 aliphatic rings. The van der Waals surface area contributed by atoms with Gasteiger partial charge in [-0.15, -0.1) is 11.8 Å². The van der Waals surface area contributed by atoms with Crippen LogP contribution in [-0.2, 0) is 15.3 Å². The van der Waals surface area contributed by atoms with Gasteiger partial charge in [0.25, 0.3) is 0 Å². The summed E-state index contributed by atoms with van der Waals surface area (Å²) in [5.41, 5.74) is 2.58. The van der Waals surface area contributed by atoms with E-state index < -0.39 is 0 Å². The van der Waals surface area contributed by atoms with E-state index in [-0.39, 0.29) is 17.1 Å². The van der Waals surface area contributed by atoms with Gasteiger partial charge >= 0.3 is 0 Å². The molecule has 1 atom stereocenters. The first-order chi connectivity index (χ1) is 13.1. The van der Waals surface area contributed by atoms with Gasteiger partial charge < -0.3 is 15.0 Å². The van der Waals surface area contributed by atoms with Gasteiger partial charge in [0.2, 0.25) is 11.8 Å². The number of nitrogens with one attached hydrogen (secondary N) is 1. The van der Waals surface area contributed by atoms with Crippen molar-refractivity contribution in [3.05, 3.63) is 54.1 Å². The maximum absolute atomic E-state index is 12.5. The molecule has 0 spiro atoms. The van der Waals surface area contributed by atoms with Crippen molar-refractivity contribution in [2.45, 2.75) is 30.8 Å². The molecule has 5 nitrogen and oxygen atoms in total. The van der Waals surface area contributed by atoms with Crippen LogP contribution in [0.4, 0.5) is 11.4 Å². The van der Waals surface area contributed by atoms with Gasteiger partial charge in [0.1, 0.15) is 5.75 Å². The number of thioether (sulfide) groups is 1. The molecule has 0 aromatic heterocycles. The van der Waals surface area contributed by atoms with Crippen molar-refractivity contribution < 1.29 is 14.3 Å². The highest BCUT2D eigenvalue weighted by atomic mass is 32.2. The highest BCUT2D eigenvalue weighted by molar-refractivity contribution is 7.99. The lowest BCUT2D eigenvalue weighted by Crippen LogP contribution is -2.25. The molecule has 1 saturated heterocycles. The second kappa shape index (κ2) is 8.95. The summed E-state index contributed by atoms with van der Waals surface area (Å²) in [5, 5.41) is 2.76. The second-order valence-corrected chi connectivity index (χ2v) is 7.79. The van der Waals surface area contributed by atoms with Crippen molar-refractivity contribution in [1.82, 2.24) is 0 Å². The molecule has 27 heavy (non-hydrogen) atoms. The third-order valence-electron chi connectivity index (χ3n) is 4.52. The maximum atomic E-state index is 12.5. The number of amides is 2. The Kier molecular flexibility index (Phi) is 6.40. The van der Waals surface area contributed by atoms with Crippen molar-refractivity contribution >= 4 is 35.0 Å². The number of benzene rings is 2. The summed E-state index contributed by atoms with van der Waals surface area (Å²) >= 11 is 1.59. The van der Waals surface area contributed by atoms with Crippen molar-refractivity contribution in [3.63, 3.8) is 0 Å². The molecule has 1 N–H and O–H groups in total. The van der Waals surface area contributed by atoms with Gasteiger partial charge in [0.15, 0.2) is 0 Å². The predicted octanol–water partition coefficient (Wildman–Crippen LogP) is 4.08. The van der Waals surface area contributed by atoms with E-state index in [0.717, 1.165) is 12.2 Å². The van der Waals surface area contributed by atoms with Crippen molar-refractivity contribution in [2.75, 3.05) is 23.9 Å². The zero-order valence-corrected chi connectivity index (χ0v) is 16.4. The Morgan fingerprint density at radius 3 is 2.70 bits per heavy atom. The molecule has 0 saturated carbocycles. The van der Waals surface area contributed by atoms with E-state index in [2.05, 4.69) is 17.4 Å². The summed E-state index contributed by atoms with van der Waals surface area (Å²) in [6, 6.07) is 15.5. The Hall–Kier alpha value is -2.47. The van der Waals surface area contributed by atoms with E-state index in [0.29, 0.717) is 30.1 Å². The minimum absolute atomic E-state index is 0.0557. The fraction of sp³-hybridized carbons (Fsp3) is 0.333. The largest absolute Gasteiger partial charge is 0.495 e. The van der Waals surface area contributed by atoms with E-state index in [9.17, 15) is 9.59 Å². The lowest BCUT2D eigenvalue weighted by molar-refractivity contribution is -0.117. The molecule has 3 rings (SSSR count). The first-order valence-corrected chi connectivity index (χ1v) is 10.1. The zero-order chi connectivity index (χ0) is 19.2. The minimum atomic E-state index is -0.191. The van der Waals surface area contributed by atoms with Crippen LogP contribution in [-0.4, -0.2) is 30.7 Å². The van der Waals surface area contributed by atoms with Crippen molar-refractivity contribution in [2.24, 2.45) is 0 Å². The number of rotatable bonds is 7. The van der Waals surface area contributed by atoms with Crippen LogP contribution in [0.5, 0.6) is 5.75 Å². The molecule has 0 aliphatic carbocycles. The summed E-state index contributed by atoms with van der Waals surface area (Å²) in [7, 11) is 1.58. The number of ether oxygens (including phenoxy) is 1. The Labute approximate surface area is 164 Å². The van der Waals surface area contributed by atoms with Gasteiger partial charge in [-0.25, -0.2) is 0 Å². The van der Waals surface area contributed by atoms with Crippen LogP contribution in [0.2, 0.25) is 0 Å². The van der Waals surface area contributed by atoms with Gasteiger partial charge in [-0.3, -0.25) is 9.59 Å². The Morgan fingerprint density at radius 1 is 1.26 bits per heavy atom. The van der Waals surface area contributed by atoms with E-state index in [1.807, 2.05) is 31.2 Å². The molecule has 0 radical (unpaired) electrons. The fourth-order valence-electron chi connectivity index (χ4n) is 3.00. The number of carbonyl (C=O) groups is 2. The Balaban J connectivity index is 1.65. The van der Waals surface area contributed by atoms with Crippen LogP contribution in [0.25, 0.3) is 0 Å². The van der Waals surface area contributed by atoms with Gasteiger partial charge in [0.05, 0.1) is 18.0 Å². The SMILES string of the molecule is COc1ccc(NC(=O)[C@H](C)SCc2ccccc2)cc1N1CCCC1=O. The topological polar surface area (TPSA) is 58.6 Å². The first kappa shape index (κ1) is 19.3. The standard InChI is InChI=1S/C21H24N2O3S/c1-15(27-14-16-7-4-3-5-8-16)21(25)22-17-10-11-19(26-2)18(13-17)23-12-6-9-20(23)24/h3-5,7-8,10-11,13,15H,6,9,12,14H2,1-2H3,(H,22,25)/t15-/m0/s1. The molecule has 0 bridgehead atoms.